The molecule has 4 heteroatoms. The largest absolute Gasteiger partial charge is 0.482 e. The fourth-order valence-electron chi connectivity index (χ4n) is 7.78. The standard InChI is InChI=1S/C32H35NO3/c1-22-18-24-20-32(19-22)23(2)30(32)31(24,3)36-29(34)21-35-28-16-14-27(15-17-28)33(25-10-6-4-7-11-25)26-12-8-5-9-13-26/h4-17,22-24,30H,18-21H2,1-3H3/t22?,23-,24?,30?,31?,32?/m0/s1. The lowest BCUT2D eigenvalue weighted by Gasteiger charge is -2.38. The summed E-state index contributed by atoms with van der Waals surface area (Å²) in [5.41, 5.74) is 3.25. The van der Waals surface area contributed by atoms with Crippen molar-refractivity contribution in [2.24, 2.45) is 29.1 Å². The van der Waals surface area contributed by atoms with Gasteiger partial charge < -0.3 is 14.4 Å². The van der Waals surface area contributed by atoms with E-state index >= 15 is 0 Å². The Kier molecular flexibility index (Phi) is 5.59. The third-order valence-corrected chi connectivity index (χ3v) is 9.20. The van der Waals surface area contributed by atoms with Gasteiger partial charge in [0.1, 0.15) is 11.4 Å². The zero-order valence-corrected chi connectivity index (χ0v) is 21.4. The minimum atomic E-state index is -0.347. The lowest BCUT2D eigenvalue weighted by atomic mass is 9.72. The van der Waals surface area contributed by atoms with Crippen LogP contribution >= 0.6 is 0 Å². The van der Waals surface area contributed by atoms with Crippen molar-refractivity contribution in [1.29, 1.82) is 0 Å². The van der Waals surface area contributed by atoms with Gasteiger partial charge in [-0.3, -0.25) is 0 Å². The predicted octanol–water partition coefficient (Wildman–Crippen LogP) is 7.54. The Balaban J connectivity index is 1.13. The third-order valence-electron chi connectivity index (χ3n) is 9.20. The lowest BCUT2D eigenvalue weighted by Crippen LogP contribution is -2.42. The van der Waals surface area contributed by atoms with Crippen molar-refractivity contribution < 1.29 is 14.3 Å². The molecule has 3 aromatic carbocycles. The van der Waals surface area contributed by atoms with E-state index in [1.54, 1.807) is 0 Å². The number of ether oxygens (including phenoxy) is 2. The van der Waals surface area contributed by atoms with Crippen LogP contribution in [-0.4, -0.2) is 18.2 Å². The summed E-state index contributed by atoms with van der Waals surface area (Å²) in [5.74, 6) is 2.76. The number of carbonyl (C=O) groups excluding carboxylic acids is 1. The number of fused-ring (bicyclic) bond motifs is 1. The number of esters is 1. The Morgan fingerprint density at radius 3 is 2.06 bits per heavy atom. The molecule has 186 valence electrons. The molecule has 4 nitrogen and oxygen atoms in total. The number of rotatable bonds is 7. The molecule has 0 amide bonds. The van der Waals surface area contributed by atoms with Crippen molar-refractivity contribution in [2.45, 2.75) is 45.6 Å². The zero-order valence-electron chi connectivity index (χ0n) is 21.4. The highest BCUT2D eigenvalue weighted by atomic mass is 16.6. The Morgan fingerprint density at radius 1 is 0.861 bits per heavy atom. The van der Waals surface area contributed by atoms with Gasteiger partial charge >= 0.3 is 5.97 Å². The first-order valence-corrected chi connectivity index (χ1v) is 13.3. The first-order chi connectivity index (χ1) is 17.4. The molecule has 5 unspecified atom stereocenters. The van der Waals surface area contributed by atoms with Gasteiger partial charge in [0.25, 0.3) is 0 Å². The molecule has 0 aromatic heterocycles. The van der Waals surface area contributed by atoms with E-state index in [1.807, 2.05) is 60.7 Å². The highest BCUT2D eigenvalue weighted by molar-refractivity contribution is 5.76. The summed E-state index contributed by atoms with van der Waals surface area (Å²) in [6.45, 7) is 6.82. The number of para-hydroxylation sites is 2. The normalized spacial score (nSPS) is 31.9. The number of carbonyl (C=O) groups is 1. The van der Waals surface area contributed by atoms with E-state index < -0.39 is 0 Å². The van der Waals surface area contributed by atoms with Crippen LogP contribution in [0.15, 0.2) is 84.9 Å². The van der Waals surface area contributed by atoms with Gasteiger partial charge in [-0.05, 0) is 97.9 Å². The molecule has 1 spiro atoms. The fourth-order valence-corrected chi connectivity index (χ4v) is 7.78. The van der Waals surface area contributed by atoms with Gasteiger partial charge in [0.2, 0.25) is 0 Å². The molecule has 6 rings (SSSR count). The molecule has 0 radical (unpaired) electrons. The lowest BCUT2D eigenvalue weighted by molar-refractivity contribution is -0.168. The predicted molar refractivity (Wildman–Crippen MR) is 143 cm³/mol. The van der Waals surface area contributed by atoms with Gasteiger partial charge in [-0.25, -0.2) is 4.79 Å². The Morgan fingerprint density at radius 2 is 1.44 bits per heavy atom. The third kappa shape index (κ3) is 3.78. The molecule has 0 aliphatic heterocycles. The molecule has 0 saturated heterocycles. The van der Waals surface area contributed by atoms with Crippen LogP contribution in [0.4, 0.5) is 17.1 Å². The summed E-state index contributed by atoms with van der Waals surface area (Å²) in [5, 5.41) is 0. The summed E-state index contributed by atoms with van der Waals surface area (Å²) < 4.78 is 12.1. The summed E-state index contributed by atoms with van der Waals surface area (Å²) >= 11 is 0. The SMILES string of the molecule is CC1CC2CC3(C1)C([C@@H]3C)C2(C)OC(=O)COc1ccc(N(c2ccccc2)c2ccccc2)cc1. The average molecular weight is 482 g/mol. The fraction of sp³-hybridized carbons (Fsp3) is 0.406. The van der Waals surface area contributed by atoms with Crippen LogP contribution < -0.4 is 9.64 Å². The molecule has 0 heterocycles. The number of benzene rings is 3. The van der Waals surface area contributed by atoms with Crippen LogP contribution in [0.3, 0.4) is 0 Å². The molecule has 3 aromatic rings. The smallest absolute Gasteiger partial charge is 0.344 e. The van der Waals surface area contributed by atoms with Crippen LogP contribution in [-0.2, 0) is 9.53 Å². The van der Waals surface area contributed by atoms with Crippen LogP contribution in [0.5, 0.6) is 5.75 Å². The first-order valence-electron chi connectivity index (χ1n) is 13.3. The highest BCUT2D eigenvalue weighted by Crippen LogP contribution is 2.79. The summed E-state index contributed by atoms with van der Waals surface area (Å²) in [4.78, 5) is 15.1. The van der Waals surface area contributed by atoms with Crippen molar-refractivity contribution in [3.05, 3.63) is 84.9 Å². The molecule has 3 aliphatic rings. The van der Waals surface area contributed by atoms with Gasteiger partial charge in [-0.2, -0.15) is 0 Å². The Hall–Kier alpha value is -3.27. The van der Waals surface area contributed by atoms with E-state index in [0.717, 1.165) is 29.4 Å². The highest BCUT2D eigenvalue weighted by Gasteiger charge is 2.78. The van der Waals surface area contributed by atoms with Gasteiger partial charge in [-0.1, -0.05) is 50.2 Å². The van der Waals surface area contributed by atoms with E-state index in [1.165, 1.54) is 12.8 Å². The molecule has 3 fully saturated rings. The van der Waals surface area contributed by atoms with Gasteiger partial charge in [0.05, 0.1) is 0 Å². The van der Waals surface area contributed by atoms with Crippen molar-refractivity contribution in [2.75, 3.05) is 11.5 Å². The minimum Gasteiger partial charge on any atom is -0.482 e. The maximum absolute atomic E-state index is 12.9. The number of hydrogen-bond donors (Lipinski definition) is 0. The maximum Gasteiger partial charge on any atom is 0.344 e. The van der Waals surface area contributed by atoms with Crippen LogP contribution in [0.1, 0.15) is 40.0 Å². The number of hydrogen-bond acceptors (Lipinski definition) is 4. The van der Waals surface area contributed by atoms with Crippen molar-refractivity contribution in [3.63, 3.8) is 0 Å². The molecule has 2 bridgehead atoms. The van der Waals surface area contributed by atoms with E-state index in [2.05, 4.69) is 49.9 Å². The number of nitrogens with zero attached hydrogens (tertiary/aromatic N) is 1. The monoisotopic (exact) mass is 481 g/mol. The van der Waals surface area contributed by atoms with Crippen LogP contribution in [0.2, 0.25) is 0 Å². The molecular formula is C32H35NO3. The quantitative estimate of drug-likeness (QED) is 0.327. The number of anilines is 3. The average Bonchev–Trinajstić information content (AvgIpc) is 3.38. The second-order valence-electron chi connectivity index (χ2n) is 11.4. The van der Waals surface area contributed by atoms with Gasteiger partial charge in [-0.15, -0.1) is 0 Å². The minimum absolute atomic E-state index is 0.0631. The topological polar surface area (TPSA) is 38.8 Å². The second-order valence-corrected chi connectivity index (χ2v) is 11.4. The molecule has 6 atom stereocenters. The van der Waals surface area contributed by atoms with Crippen molar-refractivity contribution in [1.82, 2.24) is 0 Å². The van der Waals surface area contributed by atoms with Crippen LogP contribution in [0.25, 0.3) is 0 Å². The van der Waals surface area contributed by atoms with Crippen molar-refractivity contribution >= 4 is 23.0 Å². The van der Waals surface area contributed by atoms with Gasteiger partial charge in [0, 0.05) is 23.0 Å². The molecule has 0 N–H and O–H groups in total. The van der Waals surface area contributed by atoms with E-state index in [4.69, 9.17) is 9.47 Å². The molecule has 3 aliphatic carbocycles. The summed E-state index contributed by atoms with van der Waals surface area (Å²) in [6, 6.07) is 28.5. The maximum atomic E-state index is 12.9. The van der Waals surface area contributed by atoms with E-state index in [-0.39, 0.29) is 18.2 Å². The van der Waals surface area contributed by atoms with Crippen molar-refractivity contribution in [3.8, 4) is 5.75 Å². The molecule has 36 heavy (non-hydrogen) atoms. The van der Waals surface area contributed by atoms with Crippen LogP contribution in [0, 0.1) is 29.1 Å². The second kappa shape index (κ2) is 8.69. The zero-order chi connectivity index (χ0) is 24.9. The molecular weight excluding hydrogens is 446 g/mol. The Bertz CT molecular complexity index is 1190. The summed E-state index contributed by atoms with van der Waals surface area (Å²) in [6.07, 6.45) is 3.67. The van der Waals surface area contributed by atoms with E-state index in [0.29, 0.717) is 28.9 Å². The summed E-state index contributed by atoms with van der Waals surface area (Å²) in [7, 11) is 0. The van der Waals surface area contributed by atoms with Gasteiger partial charge in [0.15, 0.2) is 6.61 Å². The molecule has 3 saturated carbocycles. The Labute approximate surface area is 214 Å². The van der Waals surface area contributed by atoms with E-state index in [9.17, 15) is 4.79 Å². The first kappa shape index (κ1) is 23.1.